The quantitative estimate of drug-likeness (QED) is 0.780. The molecular formula is C15H19N5O. The second-order valence-electron chi connectivity index (χ2n) is 5.01. The number of rotatable bonds is 5. The highest BCUT2D eigenvalue weighted by molar-refractivity contribution is 5.84. The molecule has 3 rings (SSSR count). The molecule has 0 atom stereocenters. The molecule has 3 aromatic rings. The van der Waals surface area contributed by atoms with Gasteiger partial charge in [-0.25, -0.2) is 4.98 Å². The van der Waals surface area contributed by atoms with Gasteiger partial charge >= 0.3 is 0 Å². The second-order valence-corrected chi connectivity index (χ2v) is 5.01. The molecule has 2 aromatic heterocycles. The lowest BCUT2D eigenvalue weighted by atomic mass is 10.3. The van der Waals surface area contributed by atoms with Gasteiger partial charge in [0.1, 0.15) is 11.3 Å². The molecule has 0 aliphatic heterocycles. The Labute approximate surface area is 123 Å². The number of aromatic nitrogens is 4. The predicted molar refractivity (Wildman–Crippen MR) is 82.2 cm³/mol. The molecule has 0 unspecified atom stereocenters. The van der Waals surface area contributed by atoms with E-state index in [1.165, 1.54) is 0 Å². The molecule has 1 aromatic carbocycles. The third-order valence-corrected chi connectivity index (χ3v) is 3.32. The first-order chi connectivity index (χ1) is 10.2. The molecular weight excluding hydrogens is 266 g/mol. The molecule has 0 spiro atoms. The van der Waals surface area contributed by atoms with Crippen molar-refractivity contribution < 1.29 is 4.74 Å². The third kappa shape index (κ3) is 2.56. The molecule has 0 bridgehead atoms. The summed E-state index contributed by atoms with van der Waals surface area (Å²) in [6.07, 6.45) is 2.88. The molecule has 0 aliphatic rings. The number of para-hydroxylation sites is 1. The molecule has 0 saturated heterocycles. The van der Waals surface area contributed by atoms with Crippen molar-refractivity contribution in [2.75, 3.05) is 12.3 Å². The molecule has 110 valence electrons. The van der Waals surface area contributed by atoms with Gasteiger partial charge < -0.3 is 15.0 Å². The number of imidazole rings is 1. The third-order valence-electron chi connectivity index (χ3n) is 3.32. The van der Waals surface area contributed by atoms with Crippen molar-refractivity contribution in [3.05, 3.63) is 36.2 Å². The fraction of sp³-hybridized carbons (Fsp3) is 0.333. The number of aryl methyl sites for hydroxylation is 1. The van der Waals surface area contributed by atoms with Crippen molar-refractivity contribution in [1.82, 2.24) is 19.3 Å². The van der Waals surface area contributed by atoms with Gasteiger partial charge in [0.25, 0.3) is 0 Å². The van der Waals surface area contributed by atoms with Crippen LogP contribution in [0.15, 0.2) is 30.5 Å². The van der Waals surface area contributed by atoms with E-state index in [1.807, 2.05) is 42.1 Å². The van der Waals surface area contributed by atoms with Gasteiger partial charge in [0.2, 0.25) is 5.95 Å². The summed E-state index contributed by atoms with van der Waals surface area (Å²) in [6, 6.07) is 7.86. The SMILES string of the molecule is CCCOc1cccc2c1nc(N)n2Cc1ccn(C)n1. The Bertz CT molecular complexity index is 759. The Kier molecular flexibility index (Phi) is 3.51. The van der Waals surface area contributed by atoms with Gasteiger partial charge in [-0.05, 0) is 24.6 Å². The largest absolute Gasteiger partial charge is 0.491 e. The topological polar surface area (TPSA) is 70.9 Å². The minimum atomic E-state index is 0.475. The van der Waals surface area contributed by atoms with Crippen molar-refractivity contribution in [2.24, 2.45) is 7.05 Å². The van der Waals surface area contributed by atoms with Gasteiger partial charge in [-0.1, -0.05) is 13.0 Å². The van der Waals surface area contributed by atoms with Crippen LogP contribution in [0, 0.1) is 0 Å². The first-order valence-corrected chi connectivity index (χ1v) is 7.05. The second kappa shape index (κ2) is 5.47. The van der Waals surface area contributed by atoms with Crippen LogP contribution in [0.3, 0.4) is 0 Å². The van der Waals surface area contributed by atoms with Crippen LogP contribution < -0.4 is 10.5 Å². The number of ether oxygens (including phenoxy) is 1. The zero-order valence-corrected chi connectivity index (χ0v) is 12.3. The summed E-state index contributed by atoms with van der Waals surface area (Å²) in [5.41, 5.74) is 8.78. The van der Waals surface area contributed by atoms with E-state index in [2.05, 4.69) is 17.0 Å². The average molecular weight is 285 g/mol. The van der Waals surface area contributed by atoms with Crippen LogP contribution in [-0.4, -0.2) is 25.9 Å². The minimum absolute atomic E-state index is 0.475. The van der Waals surface area contributed by atoms with E-state index in [0.29, 0.717) is 19.1 Å². The van der Waals surface area contributed by atoms with Crippen molar-refractivity contribution >= 4 is 17.0 Å². The lowest BCUT2D eigenvalue weighted by Crippen LogP contribution is -2.05. The Balaban J connectivity index is 2.00. The Morgan fingerprint density at radius 3 is 2.86 bits per heavy atom. The zero-order chi connectivity index (χ0) is 14.8. The maximum atomic E-state index is 6.07. The summed E-state index contributed by atoms with van der Waals surface area (Å²) in [4.78, 5) is 4.45. The average Bonchev–Trinajstić information content (AvgIpc) is 3.02. The fourth-order valence-electron chi connectivity index (χ4n) is 2.34. The molecule has 0 radical (unpaired) electrons. The first kappa shape index (κ1) is 13.5. The van der Waals surface area contributed by atoms with E-state index >= 15 is 0 Å². The van der Waals surface area contributed by atoms with Crippen molar-refractivity contribution in [3.63, 3.8) is 0 Å². The van der Waals surface area contributed by atoms with Crippen LogP contribution >= 0.6 is 0 Å². The summed E-state index contributed by atoms with van der Waals surface area (Å²) >= 11 is 0. The van der Waals surface area contributed by atoms with Crippen molar-refractivity contribution in [3.8, 4) is 5.75 Å². The monoisotopic (exact) mass is 285 g/mol. The maximum absolute atomic E-state index is 6.07. The highest BCUT2D eigenvalue weighted by Crippen LogP contribution is 2.27. The van der Waals surface area contributed by atoms with Crippen molar-refractivity contribution in [1.29, 1.82) is 0 Å². The molecule has 6 nitrogen and oxygen atoms in total. The van der Waals surface area contributed by atoms with Gasteiger partial charge in [0.15, 0.2) is 0 Å². The Morgan fingerprint density at radius 2 is 2.14 bits per heavy atom. The number of hydrogen-bond acceptors (Lipinski definition) is 4. The van der Waals surface area contributed by atoms with E-state index in [4.69, 9.17) is 10.5 Å². The van der Waals surface area contributed by atoms with Crippen LogP contribution in [0.25, 0.3) is 11.0 Å². The molecule has 0 aliphatic carbocycles. The molecule has 6 heteroatoms. The molecule has 21 heavy (non-hydrogen) atoms. The highest BCUT2D eigenvalue weighted by Gasteiger charge is 2.13. The highest BCUT2D eigenvalue weighted by atomic mass is 16.5. The van der Waals surface area contributed by atoms with Crippen LogP contribution in [0.1, 0.15) is 19.0 Å². The lowest BCUT2D eigenvalue weighted by Gasteiger charge is -2.06. The standard InChI is InChI=1S/C15H19N5O/c1-3-9-21-13-6-4-5-12-14(13)17-15(16)20(12)10-11-7-8-19(2)18-11/h4-8H,3,9-10H2,1-2H3,(H2,16,17). The van der Waals surface area contributed by atoms with Gasteiger partial charge in [0.05, 0.1) is 24.4 Å². The Hall–Kier alpha value is -2.50. The smallest absolute Gasteiger partial charge is 0.201 e. The molecule has 0 fully saturated rings. The number of nitrogens with two attached hydrogens (primary N) is 1. The lowest BCUT2D eigenvalue weighted by molar-refractivity contribution is 0.320. The summed E-state index contributed by atoms with van der Waals surface area (Å²) in [7, 11) is 1.90. The molecule has 0 saturated carbocycles. The number of hydrogen-bond donors (Lipinski definition) is 1. The summed E-state index contributed by atoms with van der Waals surface area (Å²) in [6.45, 7) is 3.35. The van der Waals surface area contributed by atoms with E-state index in [1.54, 1.807) is 4.68 Å². The Morgan fingerprint density at radius 1 is 1.29 bits per heavy atom. The number of nitrogens with zero attached hydrogens (tertiary/aromatic N) is 4. The van der Waals surface area contributed by atoms with E-state index in [-0.39, 0.29) is 0 Å². The number of nitrogen functional groups attached to an aromatic ring is 1. The van der Waals surface area contributed by atoms with Crippen LogP contribution in [0.5, 0.6) is 5.75 Å². The van der Waals surface area contributed by atoms with Gasteiger partial charge in [-0.2, -0.15) is 5.10 Å². The maximum Gasteiger partial charge on any atom is 0.201 e. The van der Waals surface area contributed by atoms with E-state index in [9.17, 15) is 0 Å². The van der Waals surface area contributed by atoms with E-state index < -0.39 is 0 Å². The van der Waals surface area contributed by atoms with Crippen LogP contribution in [0.2, 0.25) is 0 Å². The summed E-state index contributed by atoms with van der Waals surface area (Å²) < 4.78 is 9.47. The van der Waals surface area contributed by atoms with Crippen molar-refractivity contribution in [2.45, 2.75) is 19.9 Å². The van der Waals surface area contributed by atoms with Gasteiger partial charge in [-0.3, -0.25) is 4.68 Å². The molecule has 0 amide bonds. The van der Waals surface area contributed by atoms with Gasteiger partial charge in [0, 0.05) is 13.2 Å². The predicted octanol–water partition coefficient (Wildman–Crippen LogP) is 2.19. The summed E-state index contributed by atoms with van der Waals surface area (Å²) in [5, 5.41) is 4.39. The summed E-state index contributed by atoms with van der Waals surface area (Å²) in [5.74, 6) is 1.25. The molecule has 2 N–H and O–H groups in total. The van der Waals surface area contributed by atoms with Crippen LogP contribution in [0.4, 0.5) is 5.95 Å². The van der Waals surface area contributed by atoms with Crippen LogP contribution in [-0.2, 0) is 13.6 Å². The minimum Gasteiger partial charge on any atom is -0.491 e. The number of anilines is 1. The number of fused-ring (bicyclic) bond motifs is 1. The first-order valence-electron chi connectivity index (χ1n) is 7.05. The molecule has 2 heterocycles. The fourth-order valence-corrected chi connectivity index (χ4v) is 2.34. The number of benzene rings is 1. The van der Waals surface area contributed by atoms with Gasteiger partial charge in [-0.15, -0.1) is 0 Å². The van der Waals surface area contributed by atoms with E-state index in [0.717, 1.165) is 28.9 Å². The normalized spacial score (nSPS) is 11.1. The zero-order valence-electron chi connectivity index (χ0n) is 12.3.